The van der Waals surface area contributed by atoms with Gasteiger partial charge in [0.1, 0.15) is 0 Å². The summed E-state index contributed by atoms with van der Waals surface area (Å²) in [7, 11) is 0. The molecule has 120 valence electrons. The Balaban J connectivity index is 1.58. The largest absolute Gasteiger partial charge is 0.338 e. The predicted molar refractivity (Wildman–Crippen MR) is 89.7 cm³/mol. The van der Waals surface area contributed by atoms with Crippen LogP contribution in [0.15, 0.2) is 0 Å². The molecule has 3 rings (SSSR count). The fraction of sp³-hybridized carbons (Fsp3) is 0.941. The first-order valence-electron chi connectivity index (χ1n) is 8.92. The standard InChI is InChI=1S/C17H30N2OS/c20-17(12-15-6-1-2-7-15)19-10-5-11-21-14-16(19)13-18-8-3-4-9-18/h15-16H,1-14H2. The molecule has 0 radical (unpaired) electrons. The van der Waals surface area contributed by atoms with Crippen molar-refractivity contribution in [3.8, 4) is 0 Å². The highest BCUT2D eigenvalue weighted by atomic mass is 32.2. The van der Waals surface area contributed by atoms with Crippen LogP contribution >= 0.6 is 11.8 Å². The van der Waals surface area contributed by atoms with Crippen molar-refractivity contribution in [2.75, 3.05) is 37.7 Å². The van der Waals surface area contributed by atoms with E-state index in [1.54, 1.807) is 0 Å². The van der Waals surface area contributed by atoms with Crippen molar-refractivity contribution in [3.05, 3.63) is 0 Å². The van der Waals surface area contributed by atoms with Gasteiger partial charge < -0.3 is 9.80 Å². The summed E-state index contributed by atoms with van der Waals surface area (Å²) in [5.74, 6) is 3.51. The van der Waals surface area contributed by atoms with Crippen LogP contribution in [0.5, 0.6) is 0 Å². The van der Waals surface area contributed by atoms with Crippen LogP contribution in [0.1, 0.15) is 51.4 Å². The summed E-state index contributed by atoms with van der Waals surface area (Å²) >= 11 is 2.05. The van der Waals surface area contributed by atoms with E-state index in [2.05, 4.69) is 21.6 Å². The Kier molecular flexibility index (Phi) is 5.87. The summed E-state index contributed by atoms with van der Waals surface area (Å²) in [5, 5.41) is 0. The smallest absolute Gasteiger partial charge is 0.223 e. The van der Waals surface area contributed by atoms with E-state index in [1.165, 1.54) is 63.8 Å². The second-order valence-electron chi connectivity index (χ2n) is 7.03. The molecular formula is C17H30N2OS. The van der Waals surface area contributed by atoms with Gasteiger partial charge in [-0.1, -0.05) is 12.8 Å². The summed E-state index contributed by atoms with van der Waals surface area (Å²) < 4.78 is 0. The molecule has 0 aromatic rings. The Hall–Kier alpha value is -0.220. The number of rotatable bonds is 4. The monoisotopic (exact) mass is 310 g/mol. The van der Waals surface area contributed by atoms with Gasteiger partial charge in [-0.25, -0.2) is 0 Å². The first-order valence-corrected chi connectivity index (χ1v) is 10.1. The van der Waals surface area contributed by atoms with Crippen molar-refractivity contribution < 1.29 is 4.79 Å². The average molecular weight is 311 g/mol. The summed E-state index contributed by atoms with van der Waals surface area (Å²) in [6.45, 7) is 4.60. The topological polar surface area (TPSA) is 23.6 Å². The highest BCUT2D eigenvalue weighted by Crippen LogP contribution is 2.29. The Bertz CT molecular complexity index is 338. The minimum absolute atomic E-state index is 0.452. The molecule has 0 aromatic heterocycles. The fourth-order valence-corrected chi connectivity index (χ4v) is 5.21. The van der Waals surface area contributed by atoms with E-state index in [0.717, 1.165) is 25.3 Å². The van der Waals surface area contributed by atoms with Gasteiger partial charge in [0.15, 0.2) is 0 Å². The van der Waals surface area contributed by atoms with E-state index in [-0.39, 0.29) is 0 Å². The van der Waals surface area contributed by atoms with Crippen molar-refractivity contribution >= 4 is 17.7 Å². The summed E-state index contributed by atoms with van der Waals surface area (Å²) in [5.41, 5.74) is 0. The SMILES string of the molecule is O=C(CC1CCCC1)N1CCCSCC1CN1CCCC1. The Morgan fingerprint density at radius 1 is 1.00 bits per heavy atom. The quantitative estimate of drug-likeness (QED) is 0.797. The van der Waals surface area contributed by atoms with Crippen LogP contribution in [0.2, 0.25) is 0 Å². The van der Waals surface area contributed by atoms with E-state index >= 15 is 0 Å². The molecule has 0 N–H and O–H groups in total. The van der Waals surface area contributed by atoms with Gasteiger partial charge in [-0.3, -0.25) is 4.79 Å². The maximum atomic E-state index is 12.8. The van der Waals surface area contributed by atoms with E-state index in [4.69, 9.17) is 0 Å². The van der Waals surface area contributed by atoms with Gasteiger partial charge in [0.25, 0.3) is 0 Å². The normalized spacial score (nSPS) is 29.0. The van der Waals surface area contributed by atoms with Crippen LogP contribution in [0.4, 0.5) is 0 Å². The van der Waals surface area contributed by atoms with Crippen LogP contribution in [-0.2, 0) is 4.79 Å². The lowest BCUT2D eigenvalue weighted by atomic mass is 10.0. The lowest BCUT2D eigenvalue weighted by Gasteiger charge is -2.33. The number of amides is 1. The Morgan fingerprint density at radius 3 is 2.52 bits per heavy atom. The molecule has 0 bridgehead atoms. The minimum Gasteiger partial charge on any atom is -0.338 e. The predicted octanol–water partition coefficient (Wildman–Crippen LogP) is 3.00. The molecular weight excluding hydrogens is 280 g/mol. The van der Waals surface area contributed by atoms with E-state index in [1.807, 2.05) is 0 Å². The van der Waals surface area contributed by atoms with Crippen LogP contribution in [0.3, 0.4) is 0 Å². The molecule has 2 heterocycles. The number of hydrogen-bond acceptors (Lipinski definition) is 3. The Morgan fingerprint density at radius 2 is 1.76 bits per heavy atom. The molecule has 0 spiro atoms. The number of carbonyl (C=O) groups excluding carboxylic acids is 1. The van der Waals surface area contributed by atoms with Crippen molar-refractivity contribution in [2.45, 2.75) is 57.4 Å². The van der Waals surface area contributed by atoms with Crippen molar-refractivity contribution in [3.63, 3.8) is 0 Å². The van der Waals surface area contributed by atoms with Crippen molar-refractivity contribution in [1.82, 2.24) is 9.80 Å². The van der Waals surface area contributed by atoms with E-state index < -0.39 is 0 Å². The molecule has 1 aliphatic carbocycles. The second kappa shape index (κ2) is 7.87. The van der Waals surface area contributed by atoms with Gasteiger partial charge in [0, 0.05) is 25.3 Å². The van der Waals surface area contributed by atoms with Crippen molar-refractivity contribution in [2.24, 2.45) is 5.92 Å². The molecule has 1 amide bonds. The van der Waals surface area contributed by atoms with Gasteiger partial charge in [-0.2, -0.15) is 11.8 Å². The Labute approximate surface area is 133 Å². The molecule has 1 unspecified atom stereocenters. The molecule has 4 heteroatoms. The first-order chi connectivity index (χ1) is 10.3. The highest BCUT2D eigenvalue weighted by Gasteiger charge is 2.30. The van der Waals surface area contributed by atoms with Crippen LogP contribution < -0.4 is 0 Å². The molecule has 0 aromatic carbocycles. The lowest BCUT2D eigenvalue weighted by molar-refractivity contribution is -0.134. The summed E-state index contributed by atoms with van der Waals surface area (Å²) in [4.78, 5) is 17.6. The third-order valence-corrected chi connectivity index (χ3v) is 6.56. The zero-order chi connectivity index (χ0) is 14.5. The molecule has 21 heavy (non-hydrogen) atoms. The number of nitrogens with zero attached hydrogens (tertiary/aromatic N) is 2. The second-order valence-corrected chi connectivity index (χ2v) is 8.18. The van der Waals surface area contributed by atoms with Gasteiger partial charge in [0.05, 0.1) is 6.04 Å². The number of hydrogen-bond donors (Lipinski definition) is 0. The molecule has 3 nitrogen and oxygen atoms in total. The van der Waals surface area contributed by atoms with Crippen LogP contribution in [0, 0.1) is 5.92 Å². The molecule has 3 fully saturated rings. The third-order valence-electron chi connectivity index (χ3n) is 5.36. The fourth-order valence-electron chi connectivity index (χ4n) is 4.15. The molecule has 1 atom stereocenters. The zero-order valence-corrected chi connectivity index (χ0v) is 14.1. The van der Waals surface area contributed by atoms with Gasteiger partial charge in [-0.05, 0) is 56.9 Å². The van der Waals surface area contributed by atoms with Crippen LogP contribution in [0.25, 0.3) is 0 Å². The molecule has 2 saturated heterocycles. The van der Waals surface area contributed by atoms with E-state index in [0.29, 0.717) is 17.9 Å². The third kappa shape index (κ3) is 4.38. The summed E-state index contributed by atoms with van der Waals surface area (Å²) in [6, 6.07) is 0.463. The van der Waals surface area contributed by atoms with Crippen LogP contribution in [-0.4, -0.2) is 59.4 Å². The van der Waals surface area contributed by atoms with Gasteiger partial charge in [0.2, 0.25) is 5.91 Å². The summed E-state index contributed by atoms with van der Waals surface area (Å²) in [6.07, 6.45) is 9.93. The molecule has 3 aliphatic rings. The number of likely N-dealkylation sites (tertiary alicyclic amines) is 1. The number of carbonyl (C=O) groups is 1. The van der Waals surface area contributed by atoms with Gasteiger partial charge in [-0.15, -0.1) is 0 Å². The van der Waals surface area contributed by atoms with Gasteiger partial charge >= 0.3 is 0 Å². The molecule has 2 aliphatic heterocycles. The minimum atomic E-state index is 0.452. The average Bonchev–Trinajstić information content (AvgIpc) is 3.11. The first kappa shape index (κ1) is 15.7. The zero-order valence-electron chi connectivity index (χ0n) is 13.3. The highest BCUT2D eigenvalue weighted by molar-refractivity contribution is 7.99. The van der Waals surface area contributed by atoms with E-state index in [9.17, 15) is 4.79 Å². The maximum absolute atomic E-state index is 12.8. The number of thioether (sulfide) groups is 1. The lowest BCUT2D eigenvalue weighted by Crippen LogP contribution is -2.48. The maximum Gasteiger partial charge on any atom is 0.223 e. The molecule has 1 saturated carbocycles. The van der Waals surface area contributed by atoms with Crippen molar-refractivity contribution in [1.29, 1.82) is 0 Å².